The molecule has 0 unspecified atom stereocenters. The quantitative estimate of drug-likeness (QED) is 0.756. The van der Waals surface area contributed by atoms with Crippen LogP contribution in [-0.4, -0.2) is 14.2 Å². The number of aromatic nitrogens is 2. The first kappa shape index (κ1) is 13.4. The summed E-state index contributed by atoms with van der Waals surface area (Å²) in [5.41, 5.74) is 11.9. The summed E-state index contributed by atoms with van der Waals surface area (Å²) >= 11 is 0. The number of nitrogens with zero attached hydrogens (tertiary/aromatic N) is 2. The number of halogens is 1. The van der Waals surface area contributed by atoms with E-state index in [-0.39, 0.29) is 17.6 Å². The Morgan fingerprint density at radius 1 is 0.952 bits per heavy atom. The highest BCUT2D eigenvalue weighted by molar-refractivity contribution is 7.85. The number of hydrogen-bond donors (Lipinski definition) is 2. The van der Waals surface area contributed by atoms with Crippen LogP contribution in [0.15, 0.2) is 52.3 Å². The first-order valence-corrected chi connectivity index (χ1v) is 7.19. The monoisotopic (exact) mass is 302 g/mol. The van der Waals surface area contributed by atoms with E-state index in [2.05, 4.69) is 9.97 Å². The predicted molar refractivity (Wildman–Crippen MR) is 79.4 cm³/mol. The summed E-state index contributed by atoms with van der Waals surface area (Å²) in [4.78, 5) is 8.98. The molecule has 0 fully saturated rings. The van der Waals surface area contributed by atoms with Crippen LogP contribution in [0.4, 0.5) is 16.2 Å². The lowest BCUT2D eigenvalue weighted by Gasteiger charge is -2.06. The maximum Gasteiger partial charge on any atom is 0.222 e. The van der Waals surface area contributed by atoms with Crippen molar-refractivity contribution in [1.82, 2.24) is 9.97 Å². The van der Waals surface area contributed by atoms with Gasteiger partial charge in [-0.15, -0.1) is 0 Å². The third-order valence-electron chi connectivity index (χ3n) is 2.96. The maximum atomic E-state index is 12.9. The van der Waals surface area contributed by atoms with Crippen molar-refractivity contribution >= 4 is 33.5 Å². The van der Waals surface area contributed by atoms with Crippen LogP contribution in [-0.2, 0) is 10.8 Å². The number of nitrogen functional groups attached to an aromatic ring is 2. The van der Waals surface area contributed by atoms with Crippen molar-refractivity contribution in [3.63, 3.8) is 0 Å². The van der Waals surface area contributed by atoms with Gasteiger partial charge in [-0.25, -0.2) is 13.6 Å². The molecule has 0 saturated heterocycles. The zero-order valence-corrected chi connectivity index (χ0v) is 11.6. The highest BCUT2D eigenvalue weighted by atomic mass is 32.2. The normalized spacial score (nSPS) is 12.4. The molecular formula is C14H11FN4OS. The molecule has 1 atom stereocenters. The van der Waals surface area contributed by atoms with Gasteiger partial charge in [0.1, 0.15) is 11.6 Å². The largest absolute Gasteiger partial charge is 0.383 e. The Labute approximate surface area is 122 Å². The smallest absolute Gasteiger partial charge is 0.222 e. The van der Waals surface area contributed by atoms with Crippen molar-refractivity contribution in [2.45, 2.75) is 9.79 Å². The number of nitrogens with two attached hydrogens (primary N) is 2. The number of benzene rings is 2. The molecule has 1 heterocycles. The van der Waals surface area contributed by atoms with Crippen LogP contribution in [0, 0.1) is 5.82 Å². The average Bonchev–Trinajstić information content (AvgIpc) is 2.47. The minimum atomic E-state index is -1.43. The SMILES string of the molecule is Nc1nc(N)c2cc([S@@](=O)c3ccc(F)cc3)ccc2n1. The van der Waals surface area contributed by atoms with Crippen LogP contribution in [0.2, 0.25) is 0 Å². The summed E-state index contributed by atoms with van der Waals surface area (Å²) < 4.78 is 25.4. The molecular weight excluding hydrogens is 291 g/mol. The molecule has 21 heavy (non-hydrogen) atoms. The summed E-state index contributed by atoms with van der Waals surface area (Å²) in [7, 11) is -1.43. The van der Waals surface area contributed by atoms with Gasteiger partial charge in [0.25, 0.3) is 0 Å². The molecule has 0 radical (unpaired) electrons. The Morgan fingerprint density at radius 3 is 2.33 bits per heavy atom. The van der Waals surface area contributed by atoms with E-state index in [0.29, 0.717) is 20.7 Å². The summed E-state index contributed by atoms with van der Waals surface area (Å²) in [6.07, 6.45) is 0. The molecule has 0 aliphatic heterocycles. The zero-order chi connectivity index (χ0) is 15.0. The van der Waals surface area contributed by atoms with Crippen LogP contribution in [0.5, 0.6) is 0 Å². The van der Waals surface area contributed by atoms with Crippen molar-refractivity contribution in [3.05, 3.63) is 48.3 Å². The fourth-order valence-electron chi connectivity index (χ4n) is 1.96. The summed E-state index contributed by atoms with van der Waals surface area (Å²) in [6.45, 7) is 0. The second-order valence-corrected chi connectivity index (χ2v) is 5.85. The predicted octanol–water partition coefficient (Wildman–Crippen LogP) is 2.10. The van der Waals surface area contributed by atoms with E-state index in [1.807, 2.05) is 0 Å². The second-order valence-electron chi connectivity index (χ2n) is 4.37. The summed E-state index contributed by atoms with van der Waals surface area (Å²) in [5, 5.41) is 0.581. The lowest BCUT2D eigenvalue weighted by Crippen LogP contribution is -2.01. The van der Waals surface area contributed by atoms with Gasteiger partial charge >= 0.3 is 0 Å². The molecule has 1 aromatic heterocycles. The van der Waals surface area contributed by atoms with Crippen LogP contribution in [0.25, 0.3) is 10.9 Å². The first-order valence-electron chi connectivity index (χ1n) is 6.05. The molecule has 0 spiro atoms. The van der Waals surface area contributed by atoms with E-state index in [1.54, 1.807) is 18.2 Å². The Morgan fingerprint density at radius 2 is 1.62 bits per heavy atom. The van der Waals surface area contributed by atoms with E-state index in [1.165, 1.54) is 24.3 Å². The Balaban J connectivity index is 2.08. The van der Waals surface area contributed by atoms with Crippen molar-refractivity contribution in [2.75, 3.05) is 11.5 Å². The molecule has 0 bridgehead atoms. The standard InChI is InChI=1S/C14H11FN4OS/c15-8-1-3-9(4-2-8)21(20)10-5-6-12-11(7-10)13(16)19-14(17)18-12/h1-7H,(H4,16,17,18,19)/t21-/m0/s1. The highest BCUT2D eigenvalue weighted by Gasteiger charge is 2.10. The molecule has 4 N–H and O–H groups in total. The number of anilines is 2. The van der Waals surface area contributed by atoms with Crippen LogP contribution >= 0.6 is 0 Å². The van der Waals surface area contributed by atoms with Gasteiger partial charge in [-0.05, 0) is 42.5 Å². The lowest BCUT2D eigenvalue weighted by molar-refractivity contribution is 0.626. The van der Waals surface area contributed by atoms with Gasteiger partial charge in [0.15, 0.2) is 0 Å². The van der Waals surface area contributed by atoms with Gasteiger partial charge in [0, 0.05) is 15.2 Å². The lowest BCUT2D eigenvalue weighted by atomic mass is 10.2. The first-order chi connectivity index (χ1) is 10.0. The van der Waals surface area contributed by atoms with E-state index < -0.39 is 10.8 Å². The fourth-order valence-corrected chi connectivity index (χ4v) is 3.03. The van der Waals surface area contributed by atoms with Gasteiger partial charge in [-0.2, -0.15) is 4.98 Å². The molecule has 7 heteroatoms. The molecule has 3 rings (SSSR count). The minimum Gasteiger partial charge on any atom is -0.383 e. The van der Waals surface area contributed by atoms with Gasteiger partial charge in [0.05, 0.1) is 16.3 Å². The third-order valence-corrected chi connectivity index (χ3v) is 4.34. The second kappa shape index (κ2) is 5.10. The van der Waals surface area contributed by atoms with Gasteiger partial charge in [0.2, 0.25) is 5.95 Å². The molecule has 106 valence electrons. The van der Waals surface area contributed by atoms with E-state index in [9.17, 15) is 8.60 Å². The molecule has 0 amide bonds. The molecule has 0 aliphatic rings. The molecule has 0 saturated carbocycles. The zero-order valence-electron chi connectivity index (χ0n) is 10.8. The minimum absolute atomic E-state index is 0.0902. The van der Waals surface area contributed by atoms with Crippen LogP contribution < -0.4 is 11.5 Å². The molecule has 3 aromatic rings. The number of rotatable bonds is 2. The van der Waals surface area contributed by atoms with Gasteiger partial charge < -0.3 is 11.5 Å². The van der Waals surface area contributed by atoms with Gasteiger partial charge in [-0.3, -0.25) is 0 Å². The molecule has 0 aliphatic carbocycles. The van der Waals surface area contributed by atoms with Crippen molar-refractivity contribution in [2.24, 2.45) is 0 Å². The fraction of sp³-hybridized carbons (Fsp3) is 0. The maximum absolute atomic E-state index is 12.9. The van der Waals surface area contributed by atoms with E-state index >= 15 is 0 Å². The molecule has 5 nitrogen and oxygen atoms in total. The summed E-state index contributed by atoms with van der Waals surface area (Å²) in [6, 6.07) is 10.5. The van der Waals surface area contributed by atoms with Crippen molar-refractivity contribution in [3.8, 4) is 0 Å². The average molecular weight is 302 g/mol. The Kier molecular flexibility index (Phi) is 3.26. The van der Waals surface area contributed by atoms with Crippen LogP contribution in [0.3, 0.4) is 0 Å². The van der Waals surface area contributed by atoms with E-state index in [0.717, 1.165) is 0 Å². The number of hydrogen-bond acceptors (Lipinski definition) is 5. The Bertz CT molecular complexity index is 851. The highest BCUT2D eigenvalue weighted by Crippen LogP contribution is 2.24. The topological polar surface area (TPSA) is 94.9 Å². The van der Waals surface area contributed by atoms with E-state index in [4.69, 9.17) is 11.5 Å². The van der Waals surface area contributed by atoms with Crippen molar-refractivity contribution in [1.29, 1.82) is 0 Å². The van der Waals surface area contributed by atoms with Crippen LogP contribution in [0.1, 0.15) is 0 Å². The van der Waals surface area contributed by atoms with Crippen molar-refractivity contribution < 1.29 is 8.60 Å². The Hall–Kier alpha value is -2.54. The summed E-state index contributed by atoms with van der Waals surface area (Å²) in [5.74, 6) is -0.0507. The third kappa shape index (κ3) is 2.55. The van der Waals surface area contributed by atoms with Gasteiger partial charge in [-0.1, -0.05) is 0 Å². The molecule has 2 aromatic carbocycles. The number of fused-ring (bicyclic) bond motifs is 1.